The summed E-state index contributed by atoms with van der Waals surface area (Å²) in [6.45, 7) is 1.03. The first-order chi connectivity index (χ1) is 10.8. The van der Waals surface area contributed by atoms with E-state index >= 15 is 0 Å². The Morgan fingerprint density at radius 2 is 1.83 bits per heavy atom. The minimum Gasteiger partial charge on any atom is -0.404 e. The van der Waals surface area contributed by atoms with E-state index in [4.69, 9.17) is 15.5 Å². The molecule has 0 radical (unpaired) electrons. The molecule has 0 aromatic heterocycles. The summed E-state index contributed by atoms with van der Waals surface area (Å²) in [7, 11) is -4.65. The van der Waals surface area contributed by atoms with Crippen molar-refractivity contribution in [2.45, 2.75) is 31.9 Å². The molecule has 1 unspecified atom stereocenters. The number of benzene rings is 1. The highest BCUT2D eigenvalue weighted by Gasteiger charge is 2.20. The van der Waals surface area contributed by atoms with Gasteiger partial charge in [0.1, 0.15) is 5.75 Å². The third kappa shape index (κ3) is 8.08. The van der Waals surface area contributed by atoms with Gasteiger partial charge in [0.05, 0.1) is 0 Å². The second kappa shape index (κ2) is 9.62. The molecule has 1 atom stereocenters. The molecule has 0 aliphatic rings. The largest absolute Gasteiger partial charge is 0.524 e. The number of phosphoric acid groups is 1. The van der Waals surface area contributed by atoms with Crippen LogP contribution in [0.1, 0.15) is 37.4 Å². The summed E-state index contributed by atoms with van der Waals surface area (Å²) in [5.41, 5.74) is 5.46. The van der Waals surface area contributed by atoms with Crippen molar-refractivity contribution in [3.05, 3.63) is 29.8 Å². The first-order valence-electron chi connectivity index (χ1n) is 7.30. The van der Waals surface area contributed by atoms with Crippen LogP contribution in [0, 0.1) is 0 Å². The molecule has 7 nitrogen and oxygen atoms in total. The van der Waals surface area contributed by atoms with Gasteiger partial charge in [-0.2, -0.15) is 0 Å². The quantitative estimate of drug-likeness (QED) is 0.378. The van der Waals surface area contributed by atoms with Crippen LogP contribution in [0.5, 0.6) is 5.75 Å². The lowest BCUT2D eigenvalue weighted by atomic mass is 10.1. The number of carbonyl (C=O) groups is 1. The number of hydrogen-bond donors (Lipinski definition) is 4. The van der Waals surface area contributed by atoms with Gasteiger partial charge in [-0.3, -0.25) is 14.6 Å². The number of alkyl halides is 1. The fraction of sp³-hybridized carbons (Fsp3) is 0.500. The molecule has 130 valence electrons. The Hall–Kier alpha value is -1.47. The zero-order valence-corrected chi connectivity index (χ0v) is 13.5. The van der Waals surface area contributed by atoms with Crippen molar-refractivity contribution < 1.29 is 28.1 Å². The van der Waals surface area contributed by atoms with Crippen LogP contribution in [-0.4, -0.2) is 28.8 Å². The minimum atomic E-state index is -4.65. The van der Waals surface area contributed by atoms with Gasteiger partial charge in [0, 0.05) is 6.54 Å². The summed E-state index contributed by atoms with van der Waals surface area (Å²) < 4.78 is 29.0. The predicted octanol–water partition coefficient (Wildman–Crippen LogP) is 1.80. The number of carbonyl (C=O) groups excluding carboxylic acids is 1. The van der Waals surface area contributed by atoms with Gasteiger partial charge in [-0.1, -0.05) is 25.0 Å². The molecule has 0 saturated carbocycles. The van der Waals surface area contributed by atoms with Crippen LogP contribution >= 0.6 is 7.82 Å². The molecule has 0 bridgehead atoms. The zero-order chi connectivity index (χ0) is 17.3. The maximum absolute atomic E-state index is 14.0. The van der Waals surface area contributed by atoms with E-state index in [9.17, 15) is 13.8 Å². The molecule has 23 heavy (non-hydrogen) atoms. The SMILES string of the molecule is NCCCCCCNC(=O)C(F)c1ccc(OP(=O)(O)O)cc1. The molecule has 0 aliphatic carbocycles. The second-order valence-electron chi connectivity index (χ2n) is 5.01. The van der Waals surface area contributed by atoms with Gasteiger partial charge in [0.2, 0.25) is 6.17 Å². The van der Waals surface area contributed by atoms with Gasteiger partial charge in [-0.25, -0.2) is 8.96 Å². The molecule has 0 saturated heterocycles. The lowest BCUT2D eigenvalue weighted by Crippen LogP contribution is -2.28. The van der Waals surface area contributed by atoms with Crippen LogP contribution in [0.25, 0.3) is 0 Å². The van der Waals surface area contributed by atoms with Crippen molar-refractivity contribution in [2.75, 3.05) is 13.1 Å². The Balaban J connectivity index is 2.42. The number of amides is 1. The summed E-state index contributed by atoms with van der Waals surface area (Å²) in [6, 6.07) is 4.88. The van der Waals surface area contributed by atoms with Crippen molar-refractivity contribution in [3.63, 3.8) is 0 Å². The molecule has 0 fully saturated rings. The van der Waals surface area contributed by atoms with Crippen LogP contribution in [0.15, 0.2) is 24.3 Å². The Morgan fingerprint density at radius 3 is 2.39 bits per heavy atom. The van der Waals surface area contributed by atoms with E-state index in [0.717, 1.165) is 25.7 Å². The van der Waals surface area contributed by atoms with Crippen molar-refractivity contribution in [1.29, 1.82) is 0 Å². The maximum atomic E-state index is 14.0. The third-order valence-electron chi connectivity index (χ3n) is 3.06. The van der Waals surface area contributed by atoms with Gasteiger partial charge >= 0.3 is 7.82 Å². The van der Waals surface area contributed by atoms with E-state index in [2.05, 4.69) is 9.84 Å². The molecule has 0 heterocycles. The van der Waals surface area contributed by atoms with Crippen molar-refractivity contribution in [2.24, 2.45) is 5.73 Å². The molecular weight excluding hydrogens is 326 g/mol. The summed E-state index contributed by atoms with van der Waals surface area (Å²) in [4.78, 5) is 29.0. The number of hydrogen-bond acceptors (Lipinski definition) is 4. The Kier molecular flexibility index (Phi) is 8.19. The van der Waals surface area contributed by atoms with E-state index in [1.807, 2.05) is 0 Å². The van der Waals surface area contributed by atoms with Crippen LogP contribution in [-0.2, 0) is 9.36 Å². The van der Waals surface area contributed by atoms with Crippen LogP contribution in [0.4, 0.5) is 4.39 Å². The topological polar surface area (TPSA) is 122 Å². The van der Waals surface area contributed by atoms with E-state index < -0.39 is 19.9 Å². The average molecular weight is 348 g/mol. The number of nitrogens with two attached hydrogens (primary N) is 1. The van der Waals surface area contributed by atoms with Crippen molar-refractivity contribution >= 4 is 13.7 Å². The number of halogens is 1. The maximum Gasteiger partial charge on any atom is 0.524 e. The van der Waals surface area contributed by atoms with Crippen LogP contribution < -0.4 is 15.6 Å². The van der Waals surface area contributed by atoms with Crippen LogP contribution in [0.2, 0.25) is 0 Å². The lowest BCUT2D eigenvalue weighted by molar-refractivity contribution is -0.126. The molecule has 1 amide bonds. The van der Waals surface area contributed by atoms with Crippen molar-refractivity contribution in [1.82, 2.24) is 5.32 Å². The van der Waals surface area contributed by atoms with Gasteiger partial charge in [0.15, 0.2) is 0 Å². The zero-order valence-electron chi connectivity index (χ0n) is 12.7. The minimum absolute atomic E-state index is 0.0868. The molecule has 1 rings (SSSR count). The van der Waals surface area contributed by atoms with E-state index in [0.29, 0.717) is 13.1 Å². The number of rotatable bonds is 10. The summed E-state index contributed by atoms with van der Waals surface area (Å²) in [5.74, 6) is -0.845. The molecule has 5 N–H and O–H groups in total. The Morgan fingerprint density at radius 1 is 1.22 bits per heavy atom. The lowest BCUT2D eigenvalue weighted by Gasteiger charge is -2.11. The summed E-state index contributed by atoms with van der Waals surface area (Å²) in [6.07, 6.45) is 1.74. The first-order valence-corrected chi connectivity index (χ1v) is 8.83. The number of nitrogens with one attached hydrogen (secondary N) is 1. The molecular formula is C14H22FN2O5P. The molecule has 0 aliphatic heterocycles. The molecule has 1 aromatic rings. The second-order valence-corrected chi connectivity index (χ2v) is 6.17. The summed E-state index contributed by atoms with van der Waals surface area (Å²) >= 11 is 0. The van der Waals surface area contributed by atoms with E-state index in [1.165, 1.54) is 24.3 Å². The fourth-order valence-electron chi connectivity index (χ4n) is 1.91. The highest BCUT2D eigenvalue weighted by Crippen LogP contribution is 2.37. The Labute approximate surface area is 134 Å². The van der Waals surface area contributed by atoms with Crippen molar-refractivity contribution in [3.8, 4) is 5.75 Å². The molecule has 1 aromatic carbocycles. The normalized spacial score (nSPS) is 12.7. The summed E-state index contributed by atoms with van der Waals surface area (Å²) in [5, 5.41) is 2.51. The average Bonchev–Trinajstić information content (AvgIpc) is 2.49. The highest BCUT2D eigenvalue weighted by molar-refractivity contribution is 7.46. The molecule has 0 spiro atoms. The molecule has 9 heteroatoms. The fourth-order valence-corrected chi connectivity index (χ4v) is 2.31. The third-order valence-corrected chi connectivity index (χ3v) is 3.51. The first kappa shape index (κ1) is 19.6. The van der Waals surface area contributed by atoms with Crippen LogP contribution in [0.3, 0.4) is 0 Å². The standard InChI is InChI=1S/C14H22FN2O5P/c15-13(14(18)17-10-4-2-1-3-9-16)11-5-7-12(8-6-11)22-23(19,20)21/h5-8,13H,1-4,9-10,16H2,(H,17,18)(H2,19,20,21). The van der Waals surface area contributed by atoms with E-state index in [-0.39, 0.29) is 11.3 Å². The smallest absolute Gasteiger partial charge is 0.404 e. The van der Waals surface area contributed by atoms with Gasteiger partial charge in [-0.05, 0) is 37.1 Å². The predicted molar refractivity (Wildman–Crippen MR) is 83.5 cm³/mol. The number of unbranched alkanes of at least 4 members (excludes halogenated alkanes) is 3. The monoisotopic (exact) mass is 348 g/mol. The van der Waals surface area contributed by atoms with E-state index in [1.54, 1.807) is 0 Å². The van der Waals surface area contributed by atoms with Gasteiger partial charge in [-0.15, -0.1) is 0 Å². The van der Waals surface area contributed by atoms with Gasteiger partial charge in [0.25, 0.3) is 5.91 Å². The van der Waals surface area contributed by atoms with Gasteiger partial charge < -0.3 is 15.6 Å². The Bertz CT molecular complexity index is 534. The number of phosphoric ester groups is 1. The highest BCUT2D eigenvalue weighted by atomic mass is 31.2.